The second kappa shape index (κ2) is 20.0. The fraction of sp³-hybridized carbons (Fsp3) is 0. The number of rotatable bonds is 12. The molecular weight excluding hydrogens is 905 g/mol. The van der Waals surface area contributed by atoms with Crippen LogP contribution in [-0.4, -0.2) is 38.0 Å². The Labute approximate surface area is 426 Å². The lowest BCUT2D eigenvalue weighted by molar-refractivity contribution is 1.07. The van der Waals surface area contributed by atoms with Crippen LogP contribution in [0, 0.1) is 0 Å². The molecule has 0 spiro atoms. The molecule has 0 amide bonds. The van der Waals surface area contributed by atoms with Crippen LogP contribution in [0.4, 0.5) is 0 Å². The zero-order valence-corrected chi connectivity index (χ0v) is 40.7. The van der Waals surface area contributed by atoms with Gasteiger partial charge in [0, 0.05) is 33.4 Å². The summed E-state index contributed by atoms with van der Waals surface area (Å²) >= 11 is 0. The zero-order valence-electron chi connectivity index (χ0n) is 39.7. The molecule has 0 atom stereocenters. The molecule has 12 rings (SSSR count). The summed E-state index contributed by atoms with van der Waals surface area (Å²) in [5, 5.41) is 4.80. The van der Waals surface area contributed by atoms with Gasteiger partial charge in [0.1, 0.15) is 0 Å². The molecule has 7 heteroatoms. The van der Waals surface area contributed by atoms with Crippen molar-refractivity contribution in [2.24, 2.45) is 0 Å². The molecule has 12 aromatic rings. The van der Waals surface area contributed by atoms with Crippen molar-refractivity contribution >= 4 is 28.8 Å². The fourth-order valence-electron chi connectivity index (χ4n) is 9.94. The highest BCUT2D eigenvalue weighted by Gasteiger charge is 2.42. The molecular formula is C66H46N6Si. The lowest BCUT2D eigenvalue weighted by Crippen LogP contribution is -2.74. The first-order valence-electron chi connectivity index (χ1n) is 24.4. The summed E-state index contributed by atoms with van der Waals surface area (Å²) in [6.07, 6.45) is 0. The van der Waals surface area contributed by atoms with E-state index in [4.69, 9.17) is 29.9 Å². The maximum Gasteiger partial charge on any atom is 0.179 e. The van der Waals surface area contributed by atoms with Crippen LogP contribution >= 0.6 is 0 Å². The molecule has 0 N–H and O–H groups in total. The molecule has 344 valence electrons. The third-order valence-electron chi connectivity index (χ3n) is 13.4. The first-order chi connectivity index (χ1) is 36.2. The first-order valence-corrected chi connectivity index (χ1v) is 26.4. The van der Waals surface area contributed by atoms with Crippen LogP contribution < -0.4 is 20.7 Å². The van der Waals surface area contributed by atoms with Gasteiger partial charge in [0.2, 0.25) is 0 Å². The van der Waals surface area contributed by atoms with E-state index in [-0.39, 0.29) is 0 Å². The van der Waals surface area contributed by atoms with Gasteiger partial charge in [-0.25, -0.2) is 29.9 Å². The quantitative estimate of drug-likeness (QED) is 0.0897. The van der Waals surface area contributed by atoms with Gasteiger partial charge in [-0.05, 0) is 43.0 Å². The van der Waals surface area contributed by atoms with E-state index in [1.54, 1.807) is 0 Å². The minimum Gasteiger partial charge on any atom is -0.208 e. The Hall–Kier alpha value is -9.56. The summed E-state index contributed by atoms with van der Waals surface area (Å²) < 4.78 is 0. The Morgan fingerprint density at radius 3 is 0.781 bits per heavy atom. The van der Waals surface area contributed by atoms with Crippen LogP contribution in [0.25, 0.3) is 90.6 Å². The highest BCUT2D eigenvalue weighted by molar-refractivity contribution is 7.20. The lowest BCUT2D eigenvalue weighted by Gasteiger charge is -2.35. The molecule has 2 heterocycles. The molecule has 2 aromatic heterocycles. The van der Waals surface area contributed by atoms with Crippen LogP contribution in [-0.2, 0) is 0 Å². The second-order valence-corrected chi connectivity index (χ2v) is 21.6. The van der Waals surface area contributed by atoms with Gasteiger partial charge in [-0.3, -0.25) is 0 Å². The van der Waals surface area contributed by atoms with Crippen molar-refractivity contribution in [3.8, 4) is 90.6 Å². The average Bonchev–Trinajstić information content (AvgIpc) is 3.49. The molecule has 0 aliphatic rings. The van der Waals surface area contributed by atoms with Gasteiger partial charge in [0.25, 0.3) is 0 Å². The Kier molecular flexibility index (Phi) is 12.3. The van der Waals surface area contributed by atoms with Gasteiger partial charge in [0.15, 0.2) is 43.0 Å². The van der Waals surface area contributed by atoms with E-state index in [1.807, 2.05) is 60.7 Å². The number of nitrogens with zero attached hydrogens (tertiary/aromatic N) is 6. The van der Waals surface area contributed by atoms with Crippen molar-refractivity contribution in [3.63, 3.8) is 0 Å². The zero-order chi connectivity index (χ0) is 48.8. The molecule has 0 saturated heterocycles. The van der Waals surface area contributed by atoms with E-state index in [9.17, 15) is 0 Å². The third kappa shape index (κ3) is 8.86. The van der Waals surface area contributed by atoms with Crippen LogP contribution in [0.2, 0.25) is 0 Å². The SMILES string of the molecule is c1ccc(-c2nc(-c3cccc([Si](c4ccccc4)(c4ccccc4)c4cccc(-c5nc(-c6ccccc6)nc(-c6ccccc6-c6ccccc6)n5)c4)c3)nc(-c3ccccc3-c3ccccc3)n2)cc1. The van der Waals surface area contributed by atoms with Crippen molar-refractivity contribution < 1.29 is 0 Å². The highest BCUT2D eigenvalue weighted by atomic mass is 28.3. The topological polar surface area (TPSA) is 77.3 Å². The minimum atomic E-state index is -3.19. The Morgan fingerprint density at radius 1 is 0.178 bits per heavy atom. The number of hydrogen-bond donors (Lipinski definition) is 0. The fourth-order valence-corrected chi connectivity index (χ4v) is 14.8. The van der Waals surface area contributed by atoms with Crippen molar-refractivity contribution in [3.05, 3.63) is 279 Å². The summed E-state index contributed by atoms with van der Waals surface area (Å²) in [7, 11) is -3.19. The lowest BCUT2D eigenvalue weighted by atomic mass is 9.99. The monoisotopic (exact) mass is 950 g/mol. The number of aromatic nitrogens is 6. The van der Waals surface area contributed by atoms with Crippen LogP contribution in [0.5, 0.6) is 0 Å². The van der Waals surface area contributed by atoms with Crippen molar-refractivity contribution in [2.75, 3.05) is 0 Å². The van der Waals surface area contributed by atoms with Gasteiger partial charge in [-0.15, -0.1) is 0 Å². The average molecular weight is 951 g/mol. The normalized spacial score (nSPS) is 11.3. The Bertz CT molecular complexity index is 3590. The Morgan fingerprint density at radius 2 is 0.425 bits per heavy atom. The molecule has 6 nitrogen and oxygen atoms in total. The maximum atomic E-state index is 5.34. The molecule has 0 fully saturated rings. The third-order valence-corrected chi connectivity index (χ3v) is 18.1. The van der Waals surface area contributed by atoms with Crippen molar-refractivity contribution in [2.45, 2.75) is 0 Å². The van der Waals surface area contributed by atoms with Crippen LogP contribution in [0.3, 0.4) is 0 Å². The van der Waals surface area contributed by atoms with Gasteiger partial charge in [0.05, 0.1) is 0 Å². The molecule has 0 saturated carbocycles. The largest absolute Gasteiger partial charge is 0.208 e. The molecule has 0 unspecified atom stereocenters. The predicted molar refractivity (Wildman–Crippen MR) is 300 cm³/mol. The number of benzene rings is 10. The summed E-state index contributed by atoms with van der Waals surface area (Å²) in [5.74, 6) is 3.60. The second-order valence-electron chi connectivity index (χ2n) is 17.8. The molecule has 0 aliphatic heterocycles. The number of hydrogen-bond acceptors (Lipinski definition) is 6. The molecule has 10 aromatic carbocycles. The van der Waals surface area contributed by atoms with Gasteiger partial charge >= 0.3 is 0 Å². The van der Waals surface area contributed by atoms with E-state index in [0.717, 1.165) is 55.6 Å². The highest BCUT2D eigenvalue weighted by Crippen LogP contribution is 2.34. The smallest absolute Gasteiger partial charge is 0.179 e. The Balaban J connectivity index is 1.07. The summed E-state index contributed by atoms with van der Waals surface area (Å²) in [4.78, 5) is 31.6. The molecule has 73 heavy (non-hydrogen) atoms. The van der Waals surface area contributed by atoms with Gasteiger partial charge in [-0.2, -0.15) is 0 Å². The minimum absolute atomic E-state index is 0.591. The van der Waals surface area contributed by atoms with E-state index in [0.29, 0.717) is 34.9 Å². The molecule has 0 radical (unpaired) electrons. The van der Waals surface area contributed by atoms with Crippen molar-refractivity contribution in [1.29, 1.82) is 0 Å². The van der Waals surface area contributed by atoms with Crippen LogP contribution in [0.15, 0.2) is 279 Å². The van der Waals surface area contributed by atoms with E-state index in [2.05, 4.69) is 218 Å². The predicted octanol–water partition coefficient (Wildman–Crippen LogP) is 12.8. The maximum absolute atomic E-state index is 5.34. The van der Waals surface area contributed by atoms with Crippen molar-refractivity contribution in [1.82, 2.24) is 29.9 Å². The van der Waals surface area contributed by atoms with Gasteiger partial charge < -0.3 is 0 Å². The van der Waals surface area contributed by atoms with Gasteiger partial charge in [-0.1, -0.05) is 279 Å². The molecule has 0 aliphatic carbocycles. The van der Waals surface area contributed by atoms with E-state index < -0.39 is 8.07 Å². The van der Waals surface area contributed by atoms with E-state index in [1.165, 1.54) is 20.7 Å². The first kappa shape index (κ1) is 44.6. The van der Waals surface area contributed by atoms with Crippen LogP contribution in [0.1, 0.15) is 0 Å². The summed E-state index contributed by atoms with van der Waals surface area (Å²) in [5.41, 5.74) is 9.75. The molecule has 0 bridgehead atoms. The standard InChI is InChI=1S/C66H46N6Si/c1-7-25-47(26-8-1)57-41-19-21-43-59(57)65-69-61(49-29-11-3-12-30-49)67-63(71-65)51-33-23-39-55(45-51)73(53-35-15-5-16-36-53,54-37-17-6-18-38-54)56-40-24-34-52(46-56)64-68-62(50-31-13-4-14-32-50)70-66(72-64)60-44-22-20-42-58(60)48-27-9-2-10-28-48/h1-46H. The van der Waals surface area contributed by atoms with E-state index >= 15 is 0 Å². The summed E-state index contributed by atoms with van der Waals surface area (Å²) in [6.45, 7) is 0. The summed E-state index contributed by atoms with van der Waals surface area (Å²) in [6, 6.07) is 97.5.